The van der Waals surface area contributed by atoms with Crippen LogP contribution in [0.1, 0.15) is 41.3 Å². The molecule has 1 N–H and O–H groups in total. The van der Waals surface area contributed by atoms with E-state index in [-0.39, 0.29) is 0 Å². The molecule has 4 heteroatoms. The highest BCUT2D eigenvalue weighted by molar-refractivity contribution is 5.89. The summed E-state index contributed by atoms with van der Waals surface area (Å²) >= 11 is 0. The van der Waals surface area contributed by atoms with Crippen molar-refractivity contribution in [1.29, 1.82) is 0 Å². The molecule has 0 aliphatic rings. The molecule has 1 aromatic carbocycles. The van der Waals surface area contributed by atoms with Crippen LogP contribution in [-0.2, 0) is 0 Å². The van der Waals surface area contributed by atoms with Crippen molar-refractivity contribution < 1.29 is 14.6 Å². The molecule has 4 nitrogen and oxygen atoms in total. The van der Waals surface area contributed by atoms with Crippen molar-refractivity contribution in [2.75, 3.05) is 7.11 Å². The molecule has 21 heavy (non-hydrogen) atoms. The lowest BCUT2D eigenvalue weighted by Gasteiger charge is -2.14. The quantitative estimate of drug-likeness (QED) is 0.926. The molecule has 0 fully saturated rings. The van der Waals surface area contributed by atoms with Gasteiger partial charge in [0.1, 0.15) is 0 Å². The number of nitrogens with zero attached hydrogens (tertiary/aromatic N) is 1. The van der Waals surface area contributed by atoms with Crippen LogP contribution in [-0.4, -0.2) is 23.2 Å². The molecule has 2 rings (SSSR count). The van der Waals surface area contributed by atoms with Gasteiger partial charge in [0.05, 0.1) is 12.7 Å². The van der Waals surface area contributed by atoms with Crippen molar-refractivity contribution >= 4 is 5.97 Å². The Morgan fingerprint density at radius 2 is 2.00 bits per heavy atom. The largest absolute Gasteiger partial charge is 0.481 e. The molecule has 1 heterocycles. The molecule has 0 saturated heterocycles. The second kappa shape index (κ2) is 5.95. The lowest BCUT2D eigenvalue weighted by Crippen LogP contribution is -2.00. The lowest BCUT2D eigenvalue weighted by molar-refractivity contribution is 0.0697. The van der Waals surface area contributed by atoms with Crippen LogP contribution < -0.4 is 4.74 Å². The highest BCUT2D eigenvalue weighted by Gasteiger charge is 2.13. The SMILES string of the molecule is COc1ncc(-c2ccc(C(=O)O)cc2C)cc1C(C)C. The van der Waals surface area contributed by atoms with E-state index in [9.17, 15) is 4.79 Å². The van der Waals surface area contributed by atoms with E-state index >= 15 is 0 Å². The predicted octanol–water partition coefficient (Wildman–Crippen LogP) is 3.89. The Bertz CT molecular complexity index is 678. The van der Waals surface area contributed by atoms with Gasteiger partial charge in [-0.15, -0.1) is 0 Å². The Kier molecular flexibility index (Phi) is 4.26. The minimum Gasteiger partial charge on any atom is -0.481 e. The fourth-order valence-electron chi connectivity index (χ4n) is 2.32. The second-order valence-electron chi connectivity index (χ2n) is 5.31. The van der Waals surface area contributed by atoms with Gasteiger partial charge < -0.3 is 9.84 Å². The Hall–Kier alpha value is -2.36. The van der Waals surface area contributed by atoms with E-state index in [1.54, 1.807) is 25.4 Å². The van der Waals surface area contributed by atoms with Crippen molar-refractivity contribution in [3.05, 3.63) is 47.2 Å². The number of benzene rings is 1. The molecule has 0 saturated carbocycles. The summed E-state index contributed by atoms with van der Waals surface area (Å²) in [6.45, 7) is 6.08. The Morgan fingerprint density at radius 1 is 1.29 bits per heavy atom. The van der Waals surface area contributed by atoms with Crippen LogP contribution in [0.3, 0.4) is 0 Å². The number of aromatic nitrogens is 1. The third-order valence-corrected chi connectivity index (χ3v) is 3.48. The Labute approximate surface area is 124 Å². The summed E-state index contributed by atoms with van der Waals surface area (Å²) in [7, 11) is 1.61. The molecule has 0 spiro atoms. The van der Waals surface area contributed by atoms with Gasteiger partial charge in [0.15, 0.2) is 0 Å². The van der Waals surface area contributed by atoms with Crippen LogP contribution in [0, 0.1) is 6.92 Å². The van der Waals surface area contributed by atoms with Gasteiger partial charge in [-0.2, -0.15) is 0 Å². The zero-order chi connectivity index (χ0) is 15.6. The summed E-state index contributed by atoms with van der Waals surface area (Å²) in [5.74, 6) is 0.0138. The summed E-state index contributed by atoms with van der Waals surface area (Å²) in [6, 6.07) is 7.17. The second-order valence-corrected chi connectivity index (χ2v) is 5.31. The third kappa shape index (κ3) is 3.05. The monoisotopic (exact) mass is 285 g/mol. The summed E-state index contributed by atoms with van der Waals surface area (Å²) in [6.07, 6.45) is 1.76. The molecular formula is C17H19NO3. The van der Waals surface area contributed by atoms with E-state index in [4.69, 9.17) is 9.84 Å². The first-order valence-corrected chi connectivity index (χ1v) is 6.82. The predicted molar refractivity (Wildman–Crippen MR) is 82.0 cm³/mol. The smallest absolute Gasteiger partial charge is 0.335 e. The maximum atomic E-state index is 11.0. The molecule has 0 radical (unpaired) electrons. The molecule has 0 unspecified atom stereocenters. The number of carboxylic acid groups (broad SMARTS) is 1. The van der Waals surface area contributed by atoms with Crippen molar-refractivity contribution in [2.45, 2.75) is 26.7 Å². The van der Waals surface area contributed by atoms with E-state index in [1.807, 2.05) is 13.0 Å². The van der Waals surface area contributed by atoms with Crippen molar-refractivity contribution in [3.8, 4) is 17.0 Å². The Balaban J connectivity index is 2.52. The first kappa shape index (κ1) is 15.0. The number of carbonyl (C=O) groups is 1. The minimum atomic E-state index is -0.916. The van der Waals surface area contributed by atoms with Gasteiger partial charge in [0.25, 0.3) is 0 Å². The average Bonchev–Trinajstić information content (AvgIpc) is 2.46. The number of rotatable bonds is 4. The normalized spacial score (nSPS) is 10.7. The number of hydrogen-bond donors (Lipinski definition) is 1. The van der Waals surface area contributed by atoms with Gasteiger partial charge in [0, 0.05) is 17.3 Å². The zero-order valence-corrected chi connectivity index (χ0v) is 12.7. The molecule has 2 aromatic rings. The fraction of sp³-hybridized carbons (Fsp3) is 0.294. The van der Waals surface area contributed by atoms with E-state index in [0.29, 0.717) is 17.4 Å². The number of pyridine rings is 1. The van der Waals surface area contributed by atoms with Gasteiger partial charge in [-0.05, 0) is 42.2 Å². The molecule has 0 aliphatic heterocycles. The molecular weight excluding hydrogens is 266 g/mol. The zero-order valence-electron chi connectivity index (χ0n) is 12.7. The first-order valence-electron chi connectivity index (χ1n) is 6.82. The third-order valence-electron chi connectivity index (χ3n) is 3.48. The van der Waals surface area contributed by atoms with Crippen molar-refractivity contribution in [2.24, 2.45) is 0 Å². The van der Waals surface area contributed by atoms with Gasteiger partial charge >= 0.3 is 5.97 Å². The number of hydrogen-bond acceptors (Lipinski definition) is 3. The summed E-state index contributed by atoms with van der Waals surface area (Å²) in [5.41, 5.74) is 4.20. The van der Waals surface area contributed by atoms with Gasteiger partial charge in [-0.25, -0.2) is 9.78 Å². The number of aryl methyl sites for hydroxylation is 1. The van der Waals surface area contributed by atoms with Crippen LogP contribution in [0.25, 0.3) is 11.1 Å². The summed E-state index contributed by atoms with van der Waals surface area (Å²) < 4.78 is 5.29. The molecule has 0 bridgehead atoms. The average molecular weight is 285 g/mol. The topological polar surface area (TPSA) is 59.4 Å². The van der Waals surface area contributed by atoms with Gasteiger partial charge in [0.2, 0.25) is 5.88 Å². The van der Waals surface area contributed by atoms with E-state index < -0.39 is 5.97 Å². The number of aromatic carboxylic acids is 1. The summed E-state index contributed by atoms with van der Waals surface area (Å²) in [4.78, 5) is 15.4. The summed E-state index contributed by atoms with van der Waals surface area (Å²) in [5, 5.41) is 9.03. The number of ether oxygens (including phenoxy) is 1. The van der Waals surface area contributed by atoms with Gasteiger partial charge in [-0.3, -0.25) is 0 Å². The number of methoxy groups -OCH3 is 1. The maximum Gasteiger partial charge on any atom is 0.335 e. The molecule has 0 atom stereocenters. The minimum absolute atomic E-state index is 0.293. The van der Waals surface area contributed by atoms with Gasteiger partial charge in [-0.1, -0.05) is 19.9 Å². The molecule has 110 valence electrons. The Morgan fingerprint density at radius 3 is 2.52 bits per heavy atom. The fourth-order valence-corrected chi connectivity index (χ4v) is 2.32. The standard InChI is InChI=1S/C17H19NO3/c1-10(2)15-8-13(9-18-16(15)21-4)14-6-5-12(17(19)20)7-11(14)3/h5-10H,1-4H3,(H,19,20). The van der Waals surface area contributed by atoms with Crippen LogP contribution in [0.5, 0.6) is 5.88 Å². The lowest BCUT2D eigenvalue weighted by atomic mass is 9.96. The van der Waals surface area contributed by atoms with E-state index in [1.165, 1.54) is 0 Å². The highest BCUT2D eigenvalue weighted by Crippen LogP contribution is 2.31. The maximum absolute atomic E-state index is 11.0. The molecule has 1 aromatic heterocycles. The van der Waals surface area contributed by atoms with Crippen molar-refractivity contribution in [3.63, 3.8) is 0 Å². The van der Waals surface area contributed by atoms with Crippen LogP contribution in [0.15, 0.2) is 30.5 Å². The van der Waals surface area contributed by atoms with E-state index in [0.717, 1.165) is 22.3 Å². The van der Waals surface area contributed by atoms with Crippen LogP contribution in [0.4, 0.5) is 0 Å². The van der Waals surface area contributed by atoms with Crippen LogP contribution in [0.2, 0.25) is 0 Å². The van der Waals surface area contributed by atoms with Crippen molar-refractivity contribution in [1.82, 2.24) is 4.98 Å². The molecule has 0 aliphatic carbocycles. The first-order chi connectivity index (χ1) is 9.93. The van der Waals surface area contributed by atoms with Crippen LogP contribution >= 0.6 is 0 Å². The number of carboxylic acids is 1. The molecule has 0 amide bonds. The highest BCUT2D eigenvalue weighted by atomic mass is 16.5. The van der Waals surface area contributed by atoms with E-state index in [2.05, 4.69) is 24.9 Å².